The predicted octanol–water partition coefficient (Wildman–Crippen LogP) is 5.31. The minimum absolute atomic E-state index is 0.103. The molecule has 1 aliphatic carbocycles. The number of carbonyl (C=O) groups is 2. The van der Waals surface area contributed by atoms with Crippen molar-refractivity contribution in [2.75, 3.05) is 19.7 Å². The first-order valence-electron chi connectivity index (χ1n) is 16.0. The van der Waals surface area contributed by atoms with Gasteiger partial charge in [-0.3, -0.25) is 19.4 Å². The van der Waals surface area contributed by atoms with Crippen molar-refractivity contribution in [1.29, 1.82) is 0 Å². The number of nitrogens with zero attached hydrogens (tertiary/aromatic N) is 2. The molecule has 0 bridgehead atoms. The Bertz CT molecular complexity index is 1340. The van der Waals surface area contributed by atoms with Crippen LogP contribution in [-0.4, -0.2) is 68.8 Å². The van der Waals surface area contributed by atoms with Gasteiger partial charge >= 0.3 is 0 Å². The number of imide groups is 1. The molecule has 7 nitrogen and oxygen atoms in total. The number of para-hydroxylation sites is 1. The van der Waals surface area contributed by atoms with E-state index in [0.29, 0.717) is 25.7 Å². The van der Waals surface area contributed by atoms with Crippen LogP contribution in [0.15, 0.2) is 71.3 Å². The number of phenolic OH excluding ortho intramolecular Hbond substituents is 1. The van der Waals surface area contributed by atoms with Gasteiger partial charge in [0, 0.05) is 37.2 Å². The number of allylic oxidation sites excluding steroid dienone is 2. The van der Waals surface area contributed by atoms with Gasteiger partial charge in [0.05, 0.1) is 24.5 Å². The highest BCUT2D eigenvalue weighted by molar-refractivity contribution is 6.06. The molecule has 0 saturated carbocycles. The van der Waals surface area contributed by atoms with Crippen molar-refractivity contribution < 1.29 is 24.9 Å². The summed E-state index contributed by atoms with van der Waals surface area (Å²) < 4.78 is 0. The summed E-state index contributed by atoms with van der Waals surface area (Å²) in [6.45, 7) is 6.32. The zero-order valence-corrected chi connectivity index (χ0v) is 25.5. The Morgan fingerprint density at radius 3 is 2.35 bits per heavy atom. The zero-order valence-electron chi connectivity index (χ0n) is 25.5. The molecule has 2 heterocycles. The van der Waals surface area contributed by atoms with E-state index in [2.05, 4.69) is 24.0 Å². The third-order valence-electron chi connectivity index (χ3n) is 9.86. The molecule has 2 aromatic carbocycles. The number of aliphatic hydroxyl groups is 2. The number of benzene rings is 2. The maximum absolute atomic E-state index is 13.9. The number of amides is 2. The summed E-state index contributed by atoms with van der Waals surface area (Å²) in [7, 11) is 0. The lowest BCUT2D eigenvalue weighted by molar-refractivity contribution is -0.144. The normalized spacial score (nSPS) is 24.5. The SMILES string of the molecule is CCC1=C([C@H](O)CC/C(=C/c2ccccc2O)CC)[C@H](CO)[C@@H]2C(=O)N(C3CCN(Cc4ccccc4)CC3)C(=O)[C@@H]2C1. The van der Waals surface area contributed by atoms with Crippen LogP contribution in [0, 0.1) is 17.8 Å². The van der Waals surface area contributed by atoms with Crippen molar-refractivity contribution in [2.45, 2.75) is 77.5 Å². The van der Waals surface area contributed by atoms with Crippen molar-refractivity contribution in [2.24, 2.45) is 17.8 Å². The van der Waals surface area contributed by atoms with Crippen LogP contribution in [0.5, 0.6) is 5.75 Å². The van der Waals surface area contributed by atoms with E-state index >= 15 is 0 Å². The highest BCUT2D eigenvalue weighted by Crippen LogP contribution is 2.48. The van der Waals surface area contributed by atoms with E-state index < -0.39 is 23.9 Å². The van der Waals surface area contributed by atoms with Gasteiger partial charge in [0.2, 0.25) is 11.8 Å². The van der Waals surface area contributed by atoms with E-state index in [4.69, 9.17) is 0 Å². The molecular formula is C36H46N2O5. The van der Waals surface area contributed by atoms with Gasteiger partial charge in [0.25, 0.3) is 0 Å². The molecule has 230 valence electrons. The number of piperidine rings is 1. The maximum Gasteiger partial charge on any atom is 0.234 e. The van der Waals surface area contributed by atoms with Crippen LogP contribution in [0.3, 0.4) is 0 Å². The van der Waals surface area contributed by atoms with E-state index in [1.807, 2.05) is 43.3 Å². The highest BCUT2D eigenvalue weighted by atomic mass is 16.3. The second-order valence-corrected chi connectivity index (χ2v) is 12.3. The van der Waals surface area contributed by atoms with Crippen LogP contribution < -0.4 is 0 Å². The van der Waals surface area contributed by atoms with Gasteiger partial charge in [-0.25, -0.2) is 0 Å². The number of hydrogen-bond donors (Lipinski definition) is 3. The van der Waals surface area contributed by atoms with Gasteiger partial charge in [0.1, 0.15) is 5.75 Å². The highest BCUT2D eigenvalue weighted by Gasteiger charge is 2.56. The van der Waals surface area contributed by atoms with Crippen LogP contribution in [-0.2, 0) is 16.1 Å². The number of rotatable bonds is 11. The molecule has 0 aromatic heterocycles. The third kappa shape index (κ3) is 6.64. The van der Waals surface area contributed by atoms with Crippen LogP contribution in [0.25, 0.3) is 6.08 Å². The number of carbonyl (C=O) groups excluding carboxylic acids is 2. The molecule has 5 rings (SSSR count). The minimum Gasteiger partial charge on any atom is -0.507 e. The van der Waals surface area contributed by atoms with E-state index in [1.54, 1.807) is 12.1 Å². The van der Waals surface area contributed by atoms with E-state index in [0.717, 1.165) is 61.2 Å². The average molecular weight is 587 g/mol. The number of fused-ring (bicyclic) bond motifs is 1. The second kappa shape index (κ2) is 14.0. The van der Waals surface area contributed by atoms with Gasteiger partial charge in [-0.05, 0) is 62.1 Å². The fourth-order valence-electron chi connectivity index (χ4n) is 7.52. The molecule has 2 saturated heterocycles. The molecule has 2 aromatic rings. The van der Waals surface area contributed by atoms with Crippen LogP contribution in [0.2, 0.25) is 0 Å². The Balaban J connectivity index is 1.28. The standard InChI is InChI=1S/C36H46N2O5/c1-3-24(20-27-12-8-9-13-31(27)40)14-15-32(41)33-26(4-2)21-29-34(30(33)23-39)36(43)38(35(29)42)28-16-18-37(19-17-28)22-25-10-6-5-7-11-25/h5-13,20,28-30,32,34,39-41H,3-4,14-19,21-23H2,1-2H3/b24-20+/t29-,30+,32-,34-/m1/s1. The molecule has 43 heavy (non-hydrogen) atoms. The van der Waals surface area contributed by atoms with Crippen molar-refractivity contribution in [3.8, 4) is 5.75 Å². The Hall–Kier alpha value is -3.26. The molecule has 0 spiro atoms. The van der Waals surface area contributed by atoms with Crippen molar-refractivity contribution in [1.82, 2.24) is 9.80 Å². The summed E-state index contributed by atoms with van der Waals surface area (Å²) in [5, 5.41) is 32.3. The van der Waals surface area contributed by atoms with Crippen LogP contribution in [0.4, 0.5) is 0 Å². The molecular weight excluding hydrogens is 540 g/mol. The summed E-state index contributed by atoms with van der Waals surface area (Å²) in [5.74, 6) is -1.71. The molecule has 0 radical (unpaired) electrons. The lowest BCUT2D eigenvalue weighted by atomic mass is 9.67. The number of aromatic hydroxyl groups is 1. The van der Waals surface area contributed by atoms with Crippen molar-refractivity contribution >= 4 is 17.9 Å². The van der Waals surface area contributed by atoms with E-state index in [-0.39, 0.29) is 30.2 Å². The Morgan fingerprint density at radius 1 is 1.00 bits per heavy atom. The Morgan fingerprint density at radius 2 is 1.70 bits per heavy atom. The monoisotopic (exact) mass is 586 g/mol. The van der Waals surface area contributed by atoms with Crippen molar-refractivity contribution in [3.63, 3.8) is 0 Å². The first-order valence-corrected chi connectivity index (χ1v) is 16.0. The smallest absolute Gasteiger partial charge is 0.234 e. The fourth-order valence-corrected chi connectivity index (χ4v) is 7.52. The van der Waals surface area contributed by atoms with Gasteiger partial charge in [0.15, 0.2) is 0 Å². The van der Waals surface area contributed by atoms with E-state index in [1.165, 1.54) is 10.5 Å². The predicted molar refractivity (Wildman–Crippen MR) is 168 cm³/mol. The Kier molecular flexibility index (Phi) is 10.2. The third-order valence-corrected chi connectivity index (χ3v) is 9.86. The number of aliphatic hydroxyl groups excluding tert-OH is 2. The first-order chi connectivity index (χ1) is 20.9. The van der Waals surface area contributed by atoms with Crippen LogP contribution in [0.1, 0.15) is 69.9 Å². The summed E-state index contributed by atoms with van der Waals surface area (Å²) in [4.78, 5) is 31.6. The fraction of sp³-hybridized carbons (Fsp3) is 0.500. The van der Waals surface area contributed by atoms with Crippen LogP contribution >= 0.6 is 0 Å². The average Bonchev–Trinajstić information content (AvgIpc) is 3.28. The summed E-state index contributed by atoms with van der Waals surface area (Å²) >= 11 is 0. The summed E-state index contributed by atoms with van der Waals surface area (Å²) in [5.41, 5.74) is 4.86. The Labute approximate surface area is 255 Å². The number of phenols is 1. The quantitative estimate of drug-likeness (QED) is 0.244. The number of hydrogen-bond acceptors (Lipinski definition) is 6. The molecule has 0 unspecified atom stereocenters. The van der Waals surface area contributed by atoms with Crippen molar-refractivity contribution in [3.05, 3.63) is 82.4 Å². The molecule has 4 atom stereocenters. The largest absolute Gasteiger partial charge is 0.507 e. The molecule has 2 fully saturated rings. The van der Waals surface area contributed by atoms with Gasteiger partial charge < -0.3 is 15.3 Å². The molecule has 3 aliphatic rings. The molecule has 7 heteroatoms. The minimum atomic E-state index is -0.814. The van der Waals surface area contributed by atoms with Gasteiger partial charge in [-0.15, -0.1) is 0 Å². The topological polar surface area (TPSA) is 101 Å². The second-order valence-electron chi connectivity index (χ2n) is 12.3. The summed E-state index contributed by atoms with van der Waals surface area (Å²) in [6.07, 6.45) is 5.64. The molecule has 3 N–H and O–H groups in total. The molecule has 2 amide bonds. The summed E-state index contributed by atoms with van der Waals surface area (Å²) in [6, 6.07) is 17.4. The zero-order chi connectivity index (χ0) is 30.5. The van der Waals surface area contributed by atoms with E-state index in [9.17, 15) is 24.9 Å². The van der Waals surface area contributed by atoms with Gasteiger partial charge in [-0.2, -0.15) is 0 Å². The lowest BCUT2D eigenvalue weighted by Gasteiger charge is -2.37. The maximum atomic E-state index is 13.9. The van der Waals surface area contributed by atoms with Gasteiger partial charge in [-0.1, -0.05) is 79.6 Å². The number of likely N-dealkylation sites (tertiary alicyclic amines) is 2. The molecule has 2 aliphatic heterocycles. The first kappa shape index (κ1) is 31.2. The lowest BCUT2D eigenvalue weighted by Crippen LogP contribution is -2.47.